The molecule has 9 heteroatoms. The van der Waals surface area contributed by atoms with Crippen molar-refractivity contribution in [1.29, 1.82) is 0 Å². The molecule has 6 rings (SSSR count). The monoisotopic (exact) mass is 743 g/mol. The fraction of sp³-hybridized carbons (Fsp3) is 0. The number of hydrazone groups is 1. The number of nitrogens with one attached hydrogen (secondary N) is 2. The number of halogens is 3. The molecule has 1 amide bonds. The Morgan fingerprint density at radius 1 is 0.786 bits per heavy atom. The van der Waals surface area contributed by atoms with E-state index in [1.807, 2.05) is 60.7 Å². The van der Waals surface area contributed by atoms with Crippen LogP contribution in [0.15, 0.2) is 122 Å². The first kappa shape index (κ1) is 28.1. The first-order valence-electron chi connectivity index (χ1n) is 12.8. The van der Waals surface area contributed by atoms with Gasteiger partial charge in [0.15, 0.2) is 5.75 Å². The van der Waals surface area contributed by atoms with Crippen LogP contribution in [0.2, 0.25) is 0 Å². The number of ether oxygens (including phenoxy) is 1. The molecule has 0 saturated carbocycles. The van der Waals surface area contributed by atoms with Crippen molar-refractivity contribution in [3.63, 3.8) is 0 Å². The number of hydrogen-bond acceptors (Lipinski definition) is 4. The zero-order valence-corrected chi connectivity index (χ0v) is 26.5. The molecule has 1 heterocycles. The standard InChI is InChI=1S/C33H20Br3N3O3/c34-23-13-10-21(11-14-23)33(41)42-31-22(16-24(35)17-27(31)36)18-37-39-32(40)30-28(20-7-2-1-3-8-20)26-15-12-19-6-4-5-9-25(19)29(26)38-30/h1-18,38H,(H,39,40). The van der Waals surface area contributed by atoms with Gasteiger partial charge in [-0.3, -0.25) is 4.79 Å². The Kier molecular flexibility index (Phi) is 8.06. The van der Waals surface area contributed by atoms with E-state index in [1.54, 1.807) is 36.4 Å². The van der Waals surface area contributed by atoms with Crippen LogP contribution in [0.25, 0.3) is 32.8 Å². The minimum absolute atomic E-state index is 0.270. The molecule has 1 aromatic heterocycles. The molecule has 0 aliphatic carbocycles. The molecule has 0 atom stereocenters. The van der Waals surface area contributed by atoms with E-state index in [2.05, 4.69) is 69.4 Å². The molecule has 0 unspecified atom stereocenters. The van der Waals surface area contributed by atoms with Gasteiger partial charge in [0, 0.05) is 30.8 Å². The van der Waals surface area contributed by atoms with Gasteiger partial charge in [0.25, 0.3) is 5.91 Å². The molecule has 6 nitrogen and oxygen atoms in total. The summed E-state index contributed by atoms with van der Waals surface area (Å²) in [6, 6.07) is 32.3. The second-order valence-electron chi connectivity index (χ2n) is 9.35. The number of carbonyl (C=O) groups is 2. The molecule has 0 bridgehead atoms. The van der Waals surface area contributed by atoms with Crippen LogP contribution < -0.4 is 10.2 Å². The highest BCUT2D eigenvalue weighted by molar-refractivity contribution is 9.11. The van der Waals surface area contributed by atoms with Crippen molar-refractivity contribution >= 4 is 87.6 Å². The minimum atomic E-state index is -0.526. The maximum atomic E-state index is 13.6. The van der Waals surface area contributed by atoms with Gasteiger partial charge < -0.3 is 9.72 Å². The van der Waals surface area contributed by atoms with Crippen molar-refractivity contribution in [2.45, 2.75) is 0 Å². The van der Waals surface area contributed by atoms with E-state index >= 15 is 0 Å². The van der Waals surface area contributed by atoms with Crippen LogP contribution >= 0.6 is 47.8 Å². The molecule has 0 radical (unpaired) electrons. The SMILES string of the molecule is O=C(Oc1c(Br)cc(Br)cc1C=NNC(=O)c1[nH]c2c(ccc3ccccc32)c1-c1ccccc1)c1ccc(Br)cc1. The first-order valence-corrected chi connectivity index (χ1v) is 15.2. The maximum Gasteiger partial charge on any atom is 0.343 e. The van der Waals surface area contributed by atoms with Crippen LogP contribution in [-0.4, -0.2) is 23.1 Å². The molecule has 0 aliphatic rings. The fourth-order valence-electron chi connectivity index (χ4n) is 4.75. The van der Waals surface area contributed by atoms with E-state index in [1.165, 1.54) is 6.21 Å². The van der Waals surface area contributed by atoms with Gasteiger partial charge in [-0.05, 0) is 63.3 Å². The molecule has 0 saturated heterocycles. The Morgan fingerprint density at radius 3 is 2.31 bits per heavy atom. The van der Waals surface area contributed by atoms with Crippen LogP contribution in [0, 0.1) is 0 Å². The number of rotatable bonds is 6. The van der Waals surface area contributed by atoms with Crippen molar-refractivity contribution in [3.8, 4) is 16.9 Å². The van der Waals surface area contributed by atoms with Crippen molar-refractivity contribution in [3.05, 3.63) is 133 Å². The van der Waals surface area contributed by atoms with Gasteiger partial charge in [0.1, 0.15) is 5.69 Å². The van der Waals surface area contributed by atoms with Crippen LogP contribution in [0.4, 0.5) is 0 Å². The summed E-state index contributed by atoms with van der Waals surface area (Å²) in [5.41, 5.74) is 6.48. The van der Waals surface area contributed by atoms with Gasteiger partial charge in [-0.1, -0.05) is 98.6 Å². The largest absolute Gasteiger partial charge is 0.421 e. The summed E-state index contributed by atoms with van der Waals surface area (Å²) in [6.45, 7) is 0. The Hall–Kier alpha value is -4.05. The van der Waals surface area contributed by atoms with Gasteiger partial charge in [0.2, 0.25) is 0 Å². The molecule has 42 heavy (non-hydrogen) atoms. The zero-order chi connectivity index (χ0) is 29.2. The lowest BCUT2D eigenvalue weighted by Gasteiger charge is -2.11. The fourth-order valence-corrected chi connectivity index (χ4v) is 6.35. The van der Waals surface area contributed by atoms with Crippen molar-refractivity contribution in [2.24, 2.45) is 5.10 Å². The third kappa shape index (κ3) is 5.68. The van der Waals surface area contributed by atoms with Gasteiger partial charge in [-0.25, -0.2) is 10.2 Å². The normalized spacial score (nSPS) is 11.3. The molecular formula is C33H20Br3N3O3. The molecular weight excluding hydrogens is 726 g/mol. The predicted octanol–water partition coefficient (Wildman–Crippen LogP) is 9.26. The van der Waals surface area contributed by atoms with Crippen molar-refractivity contribution < 1.29 is 14.3 Å². The van der Waals surface area contributed by atoms with E-state index in [0.717, 1.165) is 41.7 Å². The number of carbonyl (C=O) groups excluding carboxylic acids is 2. The summed E-state index contributed by atoms with van der Waals surface area (Å²) >= 11 is 10.3. The zero-order valence-electron chi connectivity index (χ0n) is 21.7. The Morgan fingerprint density at radius 2 is 1.52 bits per heavy atom. The number of benzene rings is 5. The summed E-state index contributed by atoms with van der Waals surface area (Å²) in [5.74, 6) is -0.666. The number of nitrogens with zero attached hydrogens (tertiary/aromatic N) is 1. The number of hydrogen-bond donors (Lipinski definition) is 2. The minimum Gasteiger partial charge on any atom is -0.421 e. The van der Waals surface area contributed by atoms with E-state index in [9.17, 15) is 9.59 Å². The van der Waals surface area contributed by atoms with Gasteiger partial charge in [-0.2, -0.15) is 5.10 Å². The third-order valence-corrected chi connectivity index (χ3v) is 8.24. The summed E-state index contributed by atoms with van der Waals surface area (Å²) < 4.78 is 7.86. The number of fused-ring (bicyclic) bond motifs is 3. The summed E-state index contributed by atoms with van der Waals surface area (Å²) in [7, 11) is 0. The van der Waals surface area contributed by atoms with E-state index < -0.39 is 11.9 Å². The third-order valence-electron chi connectivity index (χ3n) is 6.67. The first-order chi connectivity index (χ1) is 20.4. The molecule has 2 N–H and O–H groups in total. The highest BCUT2D eigenvalue weighted by Crippen LogP contribution is 2.36. The van der Waals surface area contributed by atoms with Gasteiger partial charge >= 0.3 is 5.97 Å². The maximum absolute atomic E-state index is 13.6. The van der Waals surface area contributed by atoms with E-state index in [4.69, 9.17) is 4.74 Å². The lowest BCUT2D eigenvalue weighted by atomic mass is 9.99. The average Bonchev–Trinajstić information content (AvgIpc) is 3.40. The second-order valence-corrected chi connectivity index (χ2v) is 12.0. The molecule has 206 valence electrons. The lowest BCUT2D eigenvalue weighted by molar-refractivity contribution is 0.0733. The van der Waals surface area contributed by atoms with Crippen LogP contribution in [-0.2, 0) is 0 Å². The Labute approximate surface area is 266 Å². The van der Waals surface area contributed by atoms with Crippen molar-refractivity contribution in [1.82, 2.24) is 10.4 Å². The summed E-state index contributed by atoms with van der Waals surface area (Å²) in [5, 5.41) is 7.26. The number of esters is 1. The Balaban J connectivity index is 1.33. The molecule has 0 fully saturated rings. The Bertz CT molecular complexity index is 2000. The predicted molar refractivity (Wildman–Crippen MR) is 177 cm³/mol. The number of H-pyrrole nitrogens is 1. The van der Waals surface area contributed by atoms with Crippen LogP contribution in [0.1, 0.15) is 26.4 Å². The molecule has 5 aromatic carbocycles. The van der Waals surface area contributed by atoms with Crippen molar-refractivity contribution in [2.75, 3.05) is 0 Å². The highest BCUT2D eigenvalue weighted by atomic mass is 79.9. The second kappa shape index (κ2) is 12.1. The number of aromatic amines is 1. The summed E-state index contributed by atoms with van der Waals surface area (Å²) in [4.78, 5) is 29.8. The number of aromatic nitrogens is 1. The molecule has 6 aromatic rings. The van der Waals surface area contributed by atoms with E-state index in [0.29, 0.717) is 21.3 Å². The van der Waals surface area contributed by atoms with E-state index in [-0.39, 0.29) is 5.75 Å². The quantitative estimate of drug-likeness (QED) is 0.0772. The lowest BCUT2D eigenvalue weighted by Crippen LogP contribution is -2.19. The smallest absolute Gasteiger partial charge is 0.343 e. The summed E-state index contributed by atoms with van der Waals surface area (Å²) in [6.07, 6.45) is 1.44. The number of amides is 1. The van der Waals surface area contributed by atoms with Gasteiger partial charge in [-0.15, -0.1) is 0 Å². The molecule has 0 spiro atoms. The van der Waals surface area contributed by atoms with Crippen LogP contribution in [0.5, 0.6) is 5.75 Å². The average molecular weight is 746 g/mol. The highest BCUT2D eigenvalue weighted by Gasteiger charge is 2.21. The molecule has 0 aliphatic heterocycles. The topological polar surface area (TPSA) is 83.5 Å². The van der Waals surface area contributed by atoms with Gasteiger partial charge in [0.05, 0.1) is 21.8 Å². The van der Waals surface area contributed by atoms with Crippen LogP contribution in [0.3, 0.4) is 0 Å².